The van der Waals surface area contributed by atoms with Crippen molar-refractivity contribution in [2.24, 2.45) is 11.7 Å². The zero-order chi connectivity index (χ0) is 25.0. The maximum atomic E-state index is 13.0. The Kier molecular flexibility index (Phi) is 8.50. The van der Waals surface area contributed by atoms with Crippen molar-refractivity contribution in [3.8, 4) is 5.75 Å². The third kappa shape index (κ3) is 6.23. The van der Waals surface area contributed by atoms with Crippen LogP contribution in [-0.4, -0.2) is 64.2 Å². The molecular weight excluding hydrogens is 430 g/mol. The van der Waals surface area contributed by atoms with Crippen LogP contribution < -0.4 is 5.73 Å². The van der Waals surface area contributed by atoms with Crippen molar-refractivity contribution in [2.75, 3.05) is 19.6 Å². The number of benzene rings is 1. The lowest BCUT2D eigenvalue weighted by Gasteiger charge is -2.40. The normalized spacial score (nSPS) is 22.7. The van der Waals surface area contributed by atoms with Gasteiger partial charge in [-0.25, -0.2) is 4.79 Å². The molecule has 7 heteroatoms. The van der Waals surface area contributed by atoms with Crippen LogP contribution in [0.2, 0.25) is 0 Å². The Morgan fingerprint density at radius 1 is 1.18 bits per heavy atom. The number of para-hydroxylation sites is 1. The van der Waals surface area contributed by atoms with Crippen LogP contribution in [0.4, 0.5) is 4.79 Å². The van der Waals surface area contributed by atoms with E-state index in [9.17, 15) is 14.7 Å². The lowest BCUT2D eigenvalue weighted by atomic mass is 9.83. The molecule has 2 amide bonds. The molecule has 2 heterocycles. The molecule has 0 radical (unpaired) electrons. The van der Waals surface area contributed by atoms with Gasteiger partial charge in [0.05, 0.1) is 5.56 Å². The van der Waals surface area contributed by atoms with E-state index in [4.69, 9.17) is 10.5 Å². The Bertz CT molecular complexity index is 848. The van der Waals surface area contributed by atoms with E-state index in [1.165, 1.54) is 0 Å². The van der Waals surface area contributed by atoms with Crippen LogP contribution in [0.25, 0.3) is 0 Å². The van der Waals surface area contributed by atoms with Gasteiger partial charge in [-0.2, -0.15) is 0 Å². The number of aromatic hydroxyl groups is 1. The highest BCUT2D eigenvalue weighted by Gasteiger charge is 2.42. The van der Waals surface area contributed by atoms with Crippen LogP contribution in [0.15, 0.2) is 18.2 Å². The Labute approximate surface area is 204 Å². The van der Waals surface area contributed by atoms with Gasteiger partial charge in [0.2, 0.25) is 0 Å². The molecule has 1 aromatic carbocycles. The molecule has 3 atom stereocenters. The number of carbonyl (C=O) groups excluding carboxylic acids is 2. The summed E-state index contributed by atoms with van der Waals surface area (Å²) in [5.41, 5.74) is 5.95. The van der Waals surface area contributed by atoms with Gasteiger partial charge >= 0.3 is 6.09 Å². The quantitative estimate of drug-likeness (QED) is 0.533. The van der Waals surface area contributed by atoms with Crippen LogP contribution in [0.5, 0.6) is 5.75 Å². The minimum absolute atomic E-state index is 0.0362. The van der Waals surface area contributed by atoms with E-state index in [-0.39, 0.29) is 23.3 Å². The number of hydrogen-bond acceptors (Lipinski definition) is 5. The zero-order valence-electron chi connectivity index (χ0n) is 21.5. The predicted octanol–water partition coefficient (Wildman–Crippen LogP) is 4.87. The molecule has 7 nitrogen and oxygen atoms in total. The Balaban J connectivity index is 1.68. The minimum Gasteiger partial charge on any atom is -0.507 e. The smallest absolute Gasteiger partial charge is 0.410 e. The SMILES string of the molecule is CCC(CC)CN(CCN1[C@@H]2CC[C@H]1CC(c1cccc(C(N)=O)c1O)C2)C(=O)OC(C)(C)C. The van der Waals surface area contributed by atoms with Gasteiger partial charge in [0.15, 0.2) is 0 Å². The van der Waals surface area contributed by atoms with Crippen LogP contribution in [0.3, 0.4) is 0 Å². The second-order valence-corrected chi connectivity index (χ2v) is 11.0. The minimum atomic E-state index is -0.598. The third-order valence-corrected chi connectivity index (χ3v) is 7.57. The standard InChI is InChI=1S/C27H43N3O4/c1-6-18(7-2)17-29(26(33)34-27(3,4)5)13-14-30-20-11-12-21(30)16-19(15-20)22-9-8-10-23(24(22)31)25(28)32/h8-10,18-21,31H,6-7,11-17H2,1-5H3,(H2,28,32)/t19?,20-,21+. The number of rotatable bonds is 9. The maximum absolute atomic E-state index is 13.0. The van der Waals surface area contributed by atoms with Crippen LogP contribution in [0, 0.1) is 5.92 Å². The molecule has 1 aromatic rings. The summed E-state index contributed by atoms with van der Waals surface area (Å²) in [5, 5.41) is 10.7. The van der Waals surface area contributed by atoms with E-state index in [1.807, 2.05) is 31.7 Å². The van der Waals surface area contributed by atoms with Crippen molar-refractivity contribution in [3.63, 3.8) is 0 Å². The molecule has 3 N–H and O–H groups in total. The number of amides is 2. The van der Waals surface area contributed by atoms with Crippen LogP contribution in [0.1, 0.15) is 95.0 Å². The fourth-order valence-corrected chi connectivity index (χ4v) is 5.66. The molecule has 34 heavy (non-hydrogen) atoms. The van der Waals surface area contributed by atoms with Crippen molar-refractivity contribution < 1.29 is 19.4 Å². The van der Waals surface area contributed by atoms with E-state index in [1.54, 1.807) is 12.1 Å². The van der Waals surface area contributed by atoms with Crippen LogP contribution in [-0.2, 0) is 4.74 Å². The number of phenols is 1. The number of carbonyl (C=O) groups is 2. The molecule has 0 aromatic heterocycles. The van der Waals surface area contributed by atoms with Gasteiger partial charge in [-0.15, -0.1) is 0 Å². The lowest BCUT2D eigenvalue weighted by molar-refractivity contribution is 0.0168. The first-order valence-electron chi connectivity index (χ1n) is 12.9. The number of ether oxygens (including phenoxy) is 1. The molecule has 190 valence electrons. The van der Waals surface area contributed by atoms with Crippen LogP contribution >= 0.6 is 0 Å². The molecule has 0 spiro atoms. The molecule has 2 aliphatic rings. The average Bonchev–Trinajstić information content (AvgIpc) is 2.99. The van der Waals surface area contributed by atoms with E-state index in [2.05, 4.69) is 18.7 Å². The van der Waals surface area contributed by atoms with E-state index >= 15 is 0 Å². The summed E-state index contributed by atoms with van der Waals surface area (Å²) in [6.45, 7) is 12.3. The number of nitrogens with two attached hydrogens (primary N) is 1. The highest BCUT2D eigenvalue weighted by Crippen LogP contribution is 2.45. The molecule has 0 saturated carbocycles. The van der Waals surface area contributed by atoms with Crippen molar-refractivity contribution in [1.82, 2.24) is 9.80 Å². The van der Waals surface area contributed by atoms with E-state index < -0.39 is 11.5 Å². The first-order chi connectivity index (χ1) is 16.0. The van der Waals surface area contributed by atoms with Gasteiger partial charge in [0.1, 0.15) is 11.4 Å². The van der Waals surface area contributed by atoms with Gasteiger partial charge in [-0.05, 0) is 69.9 Å². The second-order valence-electron chi connectivity index (χ2n) is 11.0. The zero-order valence-corrected chi connectivity index (χ0v) is 21.5. The first-order valence-corrected chi connectivity index (χ1v) is 12.9. The number of piperidine rings is 1. The second kappa shape index (κ2) is 11.0. The third-order valence-electron chi connectivity index (χ3n) is 7.57. The summed E-state index contributed by atoms with van der Waals surface area (Å²) in [7, 11) is 0. The highest BCUT2D eigenvalue weighted by atomic mass is 16.6. The largest absolute Gasteiger partial charge is 0.507 e. The summed E-state index contributed by atoms with van der Waals surface area (Å²) in [6, 6.07) is 6.13. The van der Waals surface area contributed by atoms with Gasteiger partial charge in [-0.3, -0.25) is 9.69 Å². The van der Waals surface area contributed by atoms with Crippen molar-refractivity contribution in [3.05, 3.63) is 29.3 Å². The van der Waals surface area contributed by atoms with Gasteiger partial charge in [-0.1, -0.05) is 38.8 Å². The predicted molar refractivity (Wildman–Crippen MR) is 134 cm³/mol. The summed E-state index contributed by atoms with van der Waals surface area (Å²) in [5.74, 6) is 0.114. The molecule has 2 bridgehead atoms. The molecule has 0 aliphatic carbocycles. The van der Waals surface area contributed by atoms with Gasteiger partial charge < -0.3 is 20.5 Å². The summed E-state index contributed by atoms with van der Waals surface area (Å²) < 4.78 is 5.72. The van der Waals surface area contributed by atoms with E-state index in [0.29, 0.717) is 24.5 Å². The number of hydrogen-bond donors (Lipinski definition) is 2. The van der Waals surface area contributed by atoms with Crippen molar-refractivity contribution in [1.29, 1.82) is 0 Å². The molecular formula is C27H43N3O4. The van der Waals surface area contributed by atoms with Crippen molar-refractivity contribution in [2.45, 2.75) is 96.7 Å². The van der Waals surface area contributed by atoms with Gasteiger partial charge in [0.25, 0.3) is 5.91 Å². The Hall–Kier alpha value is -2.28. The average molecular weight is 474 g/mol. The summed E-state index contributed by atoms with van der Waals surface area (Å²) in [6.07, 6.45) is 5.97. The topological polar surface area (TPSA) is 96.1 Å². The first kappa shape index (κ1) is 26.3. The monoisotopic (exact) mass is 473 g/mol. The molecule has 2 aliphatic heterocycles. The highest BCUT2D eigenvalue weighted by molar-refractivity contribution is 5.96. The number of nitrogens with zero attached hydrogens (tertiary/aromatic N) is 2. The summed E-state index contributed by atoms with van der Waals surface area (Å²) in [4.78, 5) is 29.1. The Morgan fingerprint density at radius 2 is 1.79 bits per heavy atom. The fourth-order valence-electron chi connectivity index (χ4n) is 5.66. The Morgan fingerprint density at radius 3 is 2.32 bits per heavy atom. The molecule has 3 rings (SSSR count). The van der Waals surface area contributed by atoms with E-state index in [0.717, 1.165) is 57.2 Å². The maximum Gasteiger partial charge on any atom is 0.410 e. The molecule has 1 unspecified atom stereocenters. The number of fused-ring (bicyclic) bond motifs is 2. The summed E-state index contributed by atoms with van der Waals surface area (Å²) >= 11 is 0. The number of primary amides is 1. The molecule has 2 fully saturated rings. The van der Waals surface area contributed by atoms with Gasteiger partial charge in [0, 0.05) is 31.7 Å². The van der Waals surface area contributed by atoms with Crippen molar-refractivity contribution >= 4 is 12.0 Å². The fraction of sp³-hybridized carbons (Fsp3) is 0.704. The molecule has 2 saturated heterocycles. The lowest BCUT2D eigenvalue weighted by Crippen LogP contribution is -2.48.